The molecule has 2 N–H and O–H groups in total. The fourth-order valence-corrected chi connectivity index (χ4v) is 5.92. The van der Waals surface area contributed by atoms with Gasteiger partial charge in [0.05, 0.1) is 19.2 Å². The fraction of sp³-hybridized carbons (Fsp3) is 0.484. The number of likely N-dealkylation sites (tertiary alicyclic amines) is 4. The number of halogens is 1. The number of rotatable bonds is 5. The summed E-state index contributed by atoms with van der Waals surface area (Å²) < 4.78 is 5.15. The first-order chi connectivity index (χ1) is 20.8. The van der Waals surface area contributed by atoms with Crippen LogP contribution in [0.2, 0.25) is 5.02 Å². The minimum Gasteiger partial charge on any atom is -0.497 e. The van der Waals surface area contributed by atoms with Crippen molar-refractivity contribution in [2.75, 3.05) is 59.5 Å². The Labute approximate surface area is 257 Å². The van der Waals surface area contributed by atoms with E-state index >= 15 is 0 Å². The van der Waals surface area contributed by atoms with Crippen LogP contribution in [0.5, 0.6) is 5.75 Å². The number of nitriles is 2. The average Bonchev–Trinajstić information content (AvgIpc) is 3.62. The van der Waals surface area contributed by atoms with Crippen LogP contribution in [-0.4, -0.2) is 103 Å². The Bertz CT molecular complexity index is 1350. The molecule has 11 nitrogen and oxygen atoms in total. The van der Waals surface area contributed by atoms with Gasteiger partial charge in [0.25, 0.3) is 0 Å². The van der Waals surface area contributed by atoms with E-state index in [4.69, 9.17) is 26.9 Å². The van der Waals surface area contributed by atoms with Gasteiger partial charge in [0, 0.05) is 69.2 Å². The first-order valence-electron chi connectivity index (χ1n) is 14.6. The third kappa shape index (κ3) is 7.54. The number of hydrogen-bond donors (Lipinski definition) is 2. The van der Waals surface area contributed by atoms with Crippen LogP contribution in [0.25, 0.3) is 0 Å². The van der Waals surface area contributed by atoms with E-state index in [0.717, 1.165) is 62.9 Å². The van der Waals surface area contributed by atoms with Gasteiger partial charge in [-0.3, -0.25) is 0 Å². The van der Waals surface area contributed by atoms with Crippen LogP contribution < -0.4 is 15.4 Å². The Kier molecular flexibility index (Phi) is 9.63. The number of ether oxygens (including phenoxy) is 1. The zero-order valence-electron chi connectivity index (χ0n) is 24.3. The molecule has 43 heavy (non-hydrogen) atoms. The highest BCUT2D eigenvalue weighted by molar-refractivity contribution is 6.30. The van der Waals surface area contributed by atoms with Crippen molar-refractivity contribution in [3.63, 3.8) is 0 Å². The second-order valence-electron chi connectivity index (χ2n) is 11.5. The van der Waals surface area contributed by atoms with Crippen LogP contribution in [-0.2, 0) is 0 Å². The van der Waals surface area contributed by atoms with Crippen molar-refractivity contribution in [3.05, 3.63) is 64.7 Å². The molecule has 4 aliphatic heterocycles. The highest BCUT2D eigenvalue weighted by Crippen LogP contribution is 2.29. The number of amides is 4. The van der Waals surface area contributed by atoms with Crippen LogP contribution in [0, 0.1) is 22.9 Å². The maximum absolute atomic E-state index is 12.1. The van der Waals surface area contributed by atoms with Gasteiger partial charge in [0.15, 0.2) is 12.4 Å². The highest BCUT2D eigenvalue weighted by Gasteiger charge is 2.35. The lowest BCUT2D eigenvalue weighted by atomic mass is 9.92. The number of carbonyl (C=O) groups excluding carboxylic acids is 2. The van der Waals surface area contributed by atoms with Gasteiger partial charge in [0.2, 0.25) is 0 Å². The normalized spacial score (nSPS) is 21.5. The van der Waals surface area contributed by atoms with E-state index in [1.54, 1.807) is 16.9 Å². The zero-order valence-corrected chi connectivity index (χ0v) is 25.0. The minimum atomic E-state index is -0.0231. The van der Waals surface area contributed by atoms with E-state index in [-0.39, 0.29) is 24.1 Å². The molecule has 4 fully saturated rings. The van der Waals surface area contributed by atoms with Gasteiger partial charge in [-0.2, -0.15) is 10.5 Å². The van der Waals surface area contributed by atoms with Gasteiger partial charge in [-0.05, 0) is 48.2 Å². The quantitative estimate of drug-likeness (QED) is 0.501. The SMILES string of the molecule is COc1ccc(C2CN(C(=O)N[C@@H]3CCN(C#N)C3)C2)cc1.N#CN1CC[C@@H](NC(=O)N2CC(c3ccc(Cl)cc3)C2)C1. The Hall–Kier alpha value is -4.35. The summed E-state index contributed by atoms with van der Waals surface area (Å²) in [7, 11) is 1.65. The number of benzene rings is 2. The molecule has 0 unspecified atom stereocenters. The molecular weight excluding hydrogens is 568 g/mol. The lowest BCUT2D eigenvalue weighted by molar-refractivity contribution is 0.148. The third-order valence-corrected chi connectivity index (χ3v) is 8.83. The summed E-state index contributed by atoms with van der Waals surface area (Å²) in [5.41, 5.74) is 2.46. The van der Waals surface area contributed by atoms with Crippen molar-refractivity contribution in [3.8, 4) is 18.1 Å². The zero-order chi connectivity index (χ0) is 30.3. The first kappa shape index (κ1) is 30.1. The number of nitrogens with one attached hydrogen (secondary N) is 2. The van der Waals surface area contributed by atoms with E-state index in [0.29, 0.717) is 24.9 Å². The topological polar surface area (TPSA) is 128 Å². The van der Waals surface area contributed by atoms with Gasteiger partial charge in [-0.25, -0.2) is 9.59 Å². The summed E-state index contributed by atoms with van der Waals surface area (Å²) in [6, 6.07) is 16.0. The molecule has 6 rings (SSSR count). The molecule has 226 valence electrons. The van der Waals surface area contributed by atoms with Crippen LogP contribution in [0.4, 0.5) is 9.59 Å². The monoisotopic (exact) mass is 604 g/mol. The Morgan fingerprint density at radius 1 is 0.744 bits per heavy atom. The van der Waals surface area contributed by atoms with Crippen molar-refractivity contribution in [1.82, 2.24) is 30.2 Å². The van der Waals surface area contributed by atoms with Crippen molar-refractivity contribution in [2.24, 2.45) is 0 Å². The van der Waals surface area contributed by atoms with Crippen molar-refractivity contribution in [2.45, 2.75) is 36.8 Å². The second-order valence-corrected chi connectivity index (χ2v) is 11.9. The molecule has 4 amide bonds. The van der Waals surface area contributed by atoms with Gasteiger partial charge in [-0.1, -0.05) is 35.9 Å². The molecule has 2 atom stereocenters. The lowest BCUT2D eigenvalue weighted by Crippen LogP contribution is -2.54. The Morgan fingerprint density at radius 3 is 1.53 bits per heavy atom. The largest absolute Gasteiger partial charge is 0.497 e. The maximum Gasteiger partial charge on any atom is 0.317 e. The van der Waals surface area contributed by atoms with Gasteiger partial charge >= 0.3 is 12.1 Å². The Morgan fingerprint density at radius 2 is 1.16 bits per heavy atom. The average molecular weight is 605 g/mol. The van der Waals surface area contributed by atoms with E-state index in [9.17, 15) is 9.59 Å². The molecule has 4 heterocycles. The van der Waals surface area contributed by atoms with Crippen LogP contribution in [0.3, 0.4) is 0 Å². The van der Waals surface area contributed by atoms with Crippen LogP contribution >= 0.6 is 11.6 Å². The number of hydrogen-bond acceptors (Lipinski definition) is 7. The molecule has 0 radical (unpaired) electrons. The number of carbonyl (C=O) groups is 2. The van der Waals surface area contributed by atoms with E-state index in [1.165, 1.54) is 11.1 Å². The molecule has 12 heteroatoms. The van der Waals surface area contributed by atoms with Crippen molar-refractivity contribution in [1.29, 1.82) is 10.5 Å². The van der Waals surface area contributed by atoms with Gasteiger partial charge in [0.1, 0.15) is 5.75 Å². The lowest BCUT2D eigenvalue weighted by Gasteiger charge is -2.40. The predicted octanol–water partition coefficient (Wildman–Crippen LogP) is 3.36. The fourth-order valence-electron chi connectivity index (χ4n) is 5.79. The summed E-state index contributed by atoms with van der Waals surface area (Å²) in [6.45, 7) is 5.67. The number of urea groups is 2. The van der Waals surface area contributed by atoms with E-state index in [2.05, 4.69) is 35.2 Å². The summed E-state index contributed by atoms with van der Waals surface area (Å²) in [5, 5.41) is 24.4. The van der Waals surface area contributed by atoms with Crippen LogP contribution in [0.15, 0.2) is 48.5 Å². The van der Waals surface area contributed by atoms with E-state index < -0.39 is 0 Å². The predicted molar refractivity (Wildman–Crippen MR) is 161 cm³/mol. The van der Waals surface area contributed by atoms with Crippen molar-refractivity contribution >= 4 is 23.7 Å². The molecule has 2 aromatic carbocycles. The van der Waals surface area contributed by atoms with E-state index in [1.807, 2.05) is 46.2 Å². The number of methoxy groups -OCH3 is 1. The molecular formula is C31H37ClN8O3. The standard InChI is InChI=1S/C16H20N4O2.C15H17ClN4O/c1-22-15-4-2-12(3-5-15)13-8-20(9-13)16(21)18-14-6-7-19(10-14)11-17;16-13-3-1-11(2-4-13)12-7-20(8-12)15(21)18-14-5-6-19(9-14)10-17/h2-5,13-14H,6-10H2,1H3,(H,18,21);1-4,12,14H,5-9H2,(H,18,21)/t2*14-/m11/s1. The molecule has 0 saturated carbocycles. The molecule has 2 aromatic rings. The molecule has 4 aliphatic rings. The molecule has 4 saturated heterocycles. The van der Waals surface area contributed by atoms with Crippen molar-refractivity contribution < 1.29 is 14.3 Å². The second kappa shape index (κ2) is 13.7. The minimum absolute atomic E-state index is 0.0189. The summed E-state index contributed by atoms with van der Waals surface area (Å²) in [4.78, 5) is 31.2. The molecule has 0 spiro atoms. The highest BCUT2D eigenvalue weighted by atomic mass is 35.5. The summed E-state index contributed by atoms with van der Waals surface area (Å²) >= 11 is 5.87. The van der Waals surface area contributed by atoms with Gasteiger partial charge < -0.3 is 35.0 Å². The smallest absolute Gasteiger partial charge is 0.317 e. The molecule has 0 aromatic heterocycles. The molecule has 0 aliphatic carbocycles. The van der Waals surface area contributed by atoms with Gasteiger partial charge in [-0.15, -0.1) is 0 Å². The third-order valence-electron chi connectivity index (χ3n) is 8.58. The maximum atomic E-state index is 12.1. The Balaban J connectivity index is 0.000000171. The summed E-state index contributed by atoms with van der Waals surface area (Å²) in [5.74, 6) is 1.64. The summed E-state index contributed by atoms with van der Waals surface area (Å²) in [6.07, 6.45) is 5.92. The number of nitrogens with zero attached hydrogens (tertiary/aromatic N) is 6. The first-order valence-corrected chi connectivity index (χ1v) is 15.0. The molecule has 0 bridgehead atoms. The van der Waals surface area contributed by atoms with Crippen LogP contribution in [0.1, 0.15) is 35.8 Å².